The molecule has 26 heavy (non-hydrogen) atoms. The zero-order chi connectivity index (χ0) is 18.9. The Bertz CT molecular complexity index is 1060. The van der Waals surface area contributed by atoms with Gasteiger partial charge in [0.1, 0.15) is 6.67 Å². The van der Waals surface area contributed by atoms with Gasteiger partial charge in [-0.15, -0.1) is 0 Å². The van der Waals surface area contributed by atoms with E-state index in [1.807, 2.05) is 0 Å². The monoisotopic (exact) mass is 375 g/mol. The fourth-order valence-electron chi connectivity index (χ4n) is 2.49. The van der Waals surface area contributed by atoms with Gasteiger partial charge in [0.2, 0.25) is 0 Å². The van der Waals surface area contributed by atoms with Crippen molar-refractivity contribution in [2.45, 2.75) is 11.6 Å². The van der Waals surface area contributed by atoms with Crippen LogP contribution in [0.25, 0.3) is 16.9 Å². The van der Waals surface area contributed by atoms with E-state index < -0.39 is 21.4 Å². The van der Waals surface area contributed by atoms with Crippen molar-refractivity contribution in [2.24, 2.45) is 0 Å². The smallest absolute Gasteiger partial charge is 0.258 e. The zero-order valence-electron chi connectivity index (χ0n) is 13.7. The third-order valence-corrected chi connectivity index (χ3v) is 4.91. The SMILES string of the molecule is CS(=O)(=O)c1ccc(-c2cc(CF)nn2-c2ccc([N+](=O)[O-])cc2)cc1. The maximum absolute atomic E-state index is 13.1. The minimum absolute atomic E-state index is 0.0642. The minimum Gasteiger partial charge on any atom is -0.258 e. The van der Waals surface area contributed by atoms with E-state index in [0.29, 0.717) is 16.9 Å². The van der Waals surface area contributed by atoms with Crippen molar-refractivity contribution in [1.82, 2.24) is 9.78 Å². The lowest BCUT2D eigenvalue weighted by Crippen LogP contribution is -2.01. The summed E-state index contributed by atoms with van der Waals surface area (Å²) in [6, 6.07) is 13.4. The highest BCUT2D eigenvalue weighted by Crippen LogP contribution is 2.26. The first-order valence-corrected chi connectivity index (χ1v) is 9.39. The first kappa shape index (κ1) is 17.7. The average molecular weight is 375 g/mol. The van der Waals surface area contributed by atoms with Crippen LogP contribution in [0.2, 0.25) is 0 Å². The summed E-state index contributed by atoms with van der Waals surface area (Å²) in [4.78, 5) is 10.5. The van der Waals surface area contributed by atoms with Gasteiger partial charge in [0.25, 0.3) is 5.69 Å². The van der Waals surface area contributed by atoms with E-state index in [-0.39, 0.29) is 16.3 Å². The van der Waals surface area contributed by atoms with Gasteiger partial charge in [0, 0.05) is 24.0 Å². The highest BCUT2D eigenvalue weighted by atomic mass is 32.2. The predicted octanol–water partition coefficient (Wildman–Crippen LogP) is 3.32. The number of halogens is 1. The Labute approximate surface area is 148 Å². The van der Waals surface area contributed by atoms with Gasteiger partial charge in [-0.05, 0) is 30.3 Å². The van der Waals surface area contributed by atoms with Crippen molar-refractivity contribution in [2.75, 3.05) is 6.26 Å². The number of hydrogen-bond acceptors (Lipinski definition) is 5. The van der Waals surface area contributed by atoms with Gasteiger partial charge in [-0.3, -0.25) is 10.1 Å². The van der Waals surface area contributed by atoms with Gasteiger partial charge >= 0.3 is 0 Å². The Hall–Kier alpha value is -3.07. The molecule has 0 unspecified atom stereocenters. The molecule has 0 aliphatic rings. The topological polar surface area (TPSA) is 95.1 Å². The van der Waals surface area contributed by atoms with Crippen LogP contribution in [0.3, 0.4) is 0 Å². The number of nitro benzene ring substituents is 1. The van der Waals surface area contributed by atoms with E-state index in [2.05, 4.69) is 5.10 Å². The van der Waals surface area contributed by atoms with E-state index in [1.165, 1.54) is 41.1 Å². The molecule has 0 aliphatic carbocycles. The second-order valence-electron chi connectivity index (χ2n) is 5.64. The average Bonchev–Trinajstić information content (AvgIpc) is 3.05. The number of hydrogen-bond donors (Lipinski definition) is 0. The van der Waals surface area contributed by atoms with E-state index in [1.54, 1.807) is 18.2 Å². The van der Waals surface area contributed by atoms with E-state index in [4.69, 9.17) is 0 Å². The summed E-state index contributed by atoms with van der Waals surface area (Å²) in [7, 11) is -3.32. The van der Waals surface area contributed by atoms with E-state index in [0.717, 1.165) is 6.26 Å². The molecular weight excluding hydrogens is 361 g/mol. The lowest BCUT2D eigenvalue weighted by atomic mass is 10.1. The second-order valence-corrected chi connectivity index (χ2v) is 7.65. The molecule has 1 heterocycles. The first-order valence-electron chi connectivity index (χ1n) is 7.50. The number of nitrogens with zero attached hydrogens (tertiary/aromatic N) is 3. The predicted molar refractivity (Wildman–Crippen MR) is 93.6 cm³/mol. The van der Waals surface area contributed by atoms with Crippen LogP contribution in [-0.2, 0) is 16.5 Å². The zero-order valence-corrected chi connectivity index (χ0v) is 14.5. The molecule has 0 N–H and O–H groups in total. The molecule has 0 saturated carbocycles. The second kappa shape index (κ2) is 6.68. The third kappa shape index (κ3) is 3.47. The van der Waals surface area contributed by atoms with Crippen molar-refractivity contribution in [3.05, 3.63) is 70.4 Å². The van der Waals surface area contributed by atoms with Crippen LogP contribution in [0.15, 0.2) is 59.5 Å². The van der Waals surface area contributed by atoms with Crippen LogP contribution in [0.1, 0.15) is 5.69 Å². The molecule has 2 aromatic carbocycles. The Balaban J connectivity index is 2.08. The molecule has 0 bridgehead atoms. The summed E-state index contributed by atoms with van der Waals surface area (Å²) in [6.45, 7) is -0.769. The summed E-state index contributed by atoms with van der Waals surface area (Å²) in [6.07, 6.45) is 1.12. The molecule has 1 aromatic heterocycles. The Morgan fingerprint density at radius 1 is 1.12 bits per heavy atom. The van der Waals surface area contributed by atoms with Gasteiger partial charge in [0.15, 0.2) is 9.84 Å². The summed E-state index contributed by atoms with van der Waals surface area (Å²) in [5, 5.41) is 15.0. The van der Waals surface area contributed by atoms with Crippen LogP contribution in [-0.4, -0.2) is 29.4 Å². The fraction of sp³-hybridized carbons (Fsp3) is 0.118. The molecule has 0 atom stereocenters. The van der Waals surface area contributed by atoms with Crippen molar-refractivity contribution >= 4 is 15.5 Å². The third-order valence-electron chi connectivity index (χ3n) is 3.78. The summed E-state index contributed by atoms with van der Waals surface area (Å²) in [5.74, 6) is 0. The molecule has 3 rings (SSSR count). The Kier molecular flexibility index (Phi) is 4.56. The molecule has 9 heteroatoms. The summed E-state index contributed by atoms with van der Waals surface area (Å²) < 4.78 is 37.7. The highest BCUT2D eigenvalue weighted by Gasteiger charge is 2.14. The number of nitro groups is 1. The van der Waals surface area contributed by atoms with Crippen LogP contribution in [0.4, 0.5) is 10.1 Å². The largest absolute Gasteiger partial charge is 0.269 e. The van der Waals surface area contributed by atoms with Gasteiger partial charge in [-0.2, -0.15) is 5.10 Å². The molecule has 134 valence electrons. The van der Waals surface area contributed by atoms with Crippen molar-refractivity contribution in [1.29, 1.82) is 0 Å². The van der Waals surface area contributed by atoms with Crippen LogP contribution in [0.5, 0.6) is 0 Å². The quantitative estimate of drug-likeness (QED) is 0.503. The van der Waals surface area contributed by atoms with E-state index >= 15 is 0 Å². The van der Waals surface area contributed by atoms with Crippen molar-refractivity contribution in [3.8, 4) is 16.9 Å². The number of sulfone groups is 1. The molecule has 3 aromatic rings. The molecule has 0 radical (unpaired) electrons. The number of benzene rings is 2. The summed E-state index contributed by atoms with van der Waals surface area (Å²) >= 11 is 0. The highest BCUT2D eigenvalue weighted by molar-refractivity contribution is 7.90. The Morgan fingerprint density at radius 3 is 2.23 bits per heavy atom. The standard InChI is InChI=1S/C17H14FN3O4S/c1-26(24,25)16-8-2-12(3-9-16)17-10-13(11-18)19-20(17)14-4-6-15(7-5-14)21(22)23/h2-10H,11H2,1H3. The van der Waals surface area contributed by atoms with Gasteiger partial charge in [-0.25, -0.2) is 17.5 Å². The fourth-order valence-corrected chi connectivity index (χ4v) is 3.12. The minimum atomic E-state index is -3.32. The van der Waals surface area contributed by atoms with Crippen molar-refractivity contribution in [3.63, 3.8) is 0 Å². The molecule has 0 saturated heterocycles. The van der Waals surface area contributed by atoms with Gasteiger partial charge < -0.3 is 0 Å². The summed E-state index contributed by atoms with van der Waals surface area (Å²) in [5.41, 5.74) is 1.85. The molecule has 0 fully saturated rings. The molecule has 0 aliphatic heterocycles. The number of non-ortho nitro benzene ring substituents is 1. The van der Waals surface area contributed by atoms with Crippen molar-refractivity contribution < 1.29 is 17.7 Å². The normalized spacial score (nSPS) is 11.5. The molecule has 0 spiro atoms. The lowest BCUT2D eigenvalue weighted by molar-refractivity contribution is -0.384. The van der Waals surface area contributed by atoms with Gasteiger partial charge in [0.05, 0.1) is 26.9 Å². The number of rotatable bonds is 5. The van der Waals surface area contributed by atoms with Gasteiger partial charge in [-0.1, -0.05) is 12.1 Å². The van der Waals surface area contributed by atoms with E-state index in [9.17, 15) is 22.9 Å². The van der Waals surface area contributed by atoms with Crippen LogP contribution >= 0.6 is 0 Å². The number of aromatic nitrogens is 2. The molecule has 7 nitrogen and oxygen atoms in total. The molecule has 0 amide bonds. The maximum atomic E-state index is 13.1. The van der Waals surface area contributed by atoms with Crippen LogP contribution < -0.4 is 0 Å². The first-order chi connectivity index (χ1) is 12.3. The van der Waals surface area contributed by atoms with Crippen LogP contribution in [0, 0.1) is 10.1 Å². The number of alkyl halides is 1. The Morgan fingerprint density at radius 2 is 1.73 bits per heavy atom. The lowest BCUT2D eigenvalue weighted by Gasteiger charge is -2.08. The maximum Gasteiger partial charge on any atom is 0.269 e. The molecular formula is C17H14FN3O4S.